The summed E-state index contributed by atoms with van der Waals surface area (Å²) in [4.78, 5) is 13.7. The van der Waals surface area contributed by atoms with Crippen LogP contribution < -0.4 is 9.62 Å². The number of carbonyl (C=O) groups excluding carboxylic acids is 1. The molecule has 0 atom stereocenters. The van der Waals surface area contributed by atoms with Crippen LogP contribution in [0.2, 0.25) is 5.02 Å². The zero-order valence-electron chi connectivity index (χ0n) is 17.2. The summed E-state index contributed by atoms with van der Waals surface area (Å²) in [5.41, 5.74) is 2.49. The average Bonchev–Trinajstić information content (AvgIpc) is 2.74. The number of benzene rings is 3. The summed E-state index contributed by atoms with van der Waals surface area (Å²) >= 11 is 7.57. The van der Waals surface area contributed by atoms with Crippen LogP contribution in [-0.2, 0) is 16.6 Å². The van der Waals surface area contributed by atoms with Gasteiger partial charge in [0.1, 0.15) is 0 Å². The van der Waals surface area contributed by atoms with Crippen molar-refractivity contribution in [2.24, 2.45) is 0 Å². The average molecular weight is 475 g/mol. The van der Waals surface area contributed by atoms with E-state index in [1.807, 2.05) is 24.3 Å². The first kappa shape index (κ1) is 23.2. The fraction of sp³-hybridized carbons (Fsp3) is 0.174. The van der Waals surface area contributed by atoms with Crippen LogP contribution in [0.5, 0.6) is 0 Å². The Bertz CT molecular complexity index is 1150. The Morgan fingerprint density at radius 2 is 1.65 bits per heavy atom. The molecule has 0 unspecified atom stereocenters. The molecule has 0 aromatic heterocycles. The van der Waals surface area contributed by atoms with E-state index in [-0.39, 0.29) is 12.5 Å². The summed E-state index contributed by atoms with van der Waals surface area (Å²) in [6.07, 6.45) is 1.16. The number of anilines is 2. The molecule has 0 heterocycles. The van der Waals surface area contributed by atoms with Crippen LogP contribution in [0.25, 0.3) is 0 Å². The van der Waals surface area contributed by atoms with Gasteiger partial charge >= 0.3 is 0 Å². The topological polar surface area (TPSA) is 66.5 Å². The third kappa shape index (κ3) is 6.26. The number of sulfonamides is 1. The standard InChI is InChI=1S/C23H23ClN2O3S2/c1-3-30-22-7-5-4-6-21(22)25-23(27)18-10-14-20(15-11-18)26(31(2,28)29)16-17-8-12-19(24)13-9-17/h4-15H,3,16H2,1-2H3,(H,25,27). The smallest absolute Gasteiger partial charge is 0.255 e. The van der Waals surface area contributed by atoms with Gasteiger partial charge in [0.25, 0.3) is 5.91 Å². The molecule has 0 aliphatic heterocycles. The molecule has 8 heteroatoms. The number of hydrogen-bond acceptors (Lipinski definition) is 4. The molecule has 0 bridgehead atoms. The summed E-state index contributed by atoms with van der Waals surface area (Å²) in [5, 5.41) is 3.52. The van der Waals surface area contributed by atoms with E-state index >= 15 is 0 Å². The monoisotopic (exact) mass is 474 g/mol. The van der Waals surface area contributed by atoms with Crippen molar-refractivity contribution in [1.82, 2.24) is 0 Å². The molecule has 5 nitrogen and oxygen atoms in total. The summed E-state index contributed by atoms with van der Waals surface area (Å²) < 4.78 is 26.1. The van der Waals surface area contributed by atoms with Gasteiger partial charge in [0.2, 0.25) is 10.0 Å². The van der Waals surface area contributed by atoms with Gasteiger partial charge in [-0.15, -0.1) is 11.8 Å². The van der Waals surface area contributed by atoms with Gasteiger partial charge in [0.15, 0.2) is 0 Å². The highest BCUT2D eigenvalue weighted by molar-refractivity contribution is 7.99. The van der Waals surface area contributed by atoms with Gasteiger partial charge in [0.05, 0.1) is 24.2 Å². The van der Waals surface area contributed by atoms with Gasteiger partial charge in [-0.1, -0.05) is 42.8 Å². The summed E-state index contributed by atoms with van der Waals surface area (Å²) in [6.45, 7) is 2.22. The lowest BCUT2D eigenvalue weighted by Crippen LogP contribution is -2.29. The highest BCUT2D eigenvalue weighted by atomic mass is 35.5. The Labute approximate surface area is 192 Å². The van der Waals surface area contributed by atoms with Crippen molar-refractivity contribution in [3.8, 4) is 0 Å². The lowest BCUT2D eigenvalue weighted by molar-refractivity contribution is 0.102. The summed E-state index contributed by atoms with van der Waals surface area (Å²) in [5.74, 6) is 0.649. The van der Waals surface area contributed by atoms with Crippen molar-refractivity contribution in [2.45, 2.75) is 18.4 Å². The Morgan fingerprint density at radius 1 is 1.00 bits per heavy atom. The molecule has 0 fully saturated rings. The molecule has 0 saturated heterocycles. The van der Waals surface area contributed by atoms with E-state index in [1.165, 1.54) is 4.31 Å². The number of para-hydroxylation sites is 1. The normalized spacial score (nSPS) is 11.2. The second-order valence-corrected chi connectivity index (χ2v) is 10.5. The minimum Gasteiger partial charge on any atom is -0.321 e. The molecule has 0 saturated carbocycles. The Hall–Kier alpha value is -2.48. The molecular weight excluding hydrogens is 452 g/mol. The zero-order chi connectivity index (χ0) is 22.4. The molecule has 1 N–H and O–H groups in total. The van der Waals surface area contributed by atoms with Crippen LogP contribution in [0.4, 0.5) is 11.4 Å². The number of nitrogens with one attached hydrogen (secondary N) is 1. The van der Waals surface area contributed by atoms with Crippen LogP contribution in [0.1, 0.15) is 22.8 Å². The minimum absolute atomic E-state index is 0.170. The van der Waals surface area contributed by atoms with Crippen molar-refractivity contribution < 1.29 is 13.2 Å². The number of nitrogens with zero attached hydrogens (tertiary/aromatic N) is 1. The number of amides is 1. The van der Waals surface area contributed by atoms with E-state index in [4.69, 9.17) is 11.6 Å². The highest BCUT2D eigenvalue weighted by Gasteiger charge is 2.19. The maximum absolute atomic E-state index is 12.7. The largest absolute Gasteiger partial charge is 0.321 e. The van der Waals surface area contributed by atoms with Crippen molar-refractivity contribution in [1.29, 1.82) is 0 Å². The molecule has 3 aromatic rings. The molecule has 3 aromatic carbocycles. The molecular formula is C23H23ClN2O3S2. The summed E-state index contributed by atoms with van der Waals surface area (Å²) in [6, 6.07) is 21.2. The predicted octanol–water partition coefficient (Wildman–Crippen LogP) is 5.67. The predicted molar refractivity (Wildman–Crippen MR) is 130 cm³/mol. The fourth-order valence-electron chi connectivity index (χ4n) is 2.98. The second-order valence-electron chi connectivity index (χ2n) is 6.83. The maximum Gasteiger partial charge on any atom is 0.255 e. The Morgan fingerprint density at radius 3 is 2.26 bits per heavy atom. The highest BCUT2D eigenvalue weighted by Crippen LogP contribution is 2.27. The van der Waals surface area contributed by atoms with Crippen molar-refractivity contribution >= 4 is 50.7 Å². The van der Waals surface area contributed by atoms with Gasteiger partial charge in [-0.25, -0.2) is 8.42 Å². The quantitative estimate of drug-likeness (QED) is 0.427. The molecule has 0 aliphatic carbocycles. The number of carbonyl (C=O) groups is 1. The van der Waals surface area contributed by atoms with Crippen LogP contribution in [-0.4, -0.2) is 26.3 Å². The number of rotatable bonds is 8. The van der Waals surface area contributed by atoms with E-state index in [2.05, 4.69) is 12.2 Å². The second kappa shape index (κ2) is 10.2. The fourth-order valence-corrected chi connectivity index (χ4v) is 4.76. The Kier molecular flexibility index (Phi) is 7.64. The van der Waals surface area contributed by atoms with Gasteiger partial charge < -0.3 is 5.32 Å². The van der Waals surface area contributed by atoms with Gasteiger partial charge in [-0.3, -0.25) is 9.10 Å². The van der Waals surface area contributed by atoms with E-state index < -0.39 is 10.0 Å². The maximum atomic E-state index is 12.7. The van der Waals surface area contributed by atoms with Crippen LogP contribution in [0.15, 0.2) is 77.7 Å². The lowest BCUT2D eigenvalue weighted by atomic mass is 10.1. The first-order valence-electron chi connectivity index (χ1n) is 9.63. The molecule has 3 rings (SSSR count). The van der Waals surface area contributed by atoms with Crippen molar-refractivity contribution in [3.05, 3.63) is 88.9 Å². The number of hydrogen-bond donors (Lipinski definition) is 1. The molecule has 0 radical (unpaired) electrons. The van der Waals surface area contributed by atoms with E-state index in [9.17, 15) is 13.2 Å². The van der Waals surface area contributed by atoms with E-state index in [0.29, 0.717) is 16.3 Å². The van der Waals surface area contributed by atoms with Gasteiger partial charge in [0, 0.05) is 15.5 Å². The first-order chi connectivity index (χ1) is 14.8. The van der Waals surface area contributed by atoms with Crippen molar-refractivity contribution in [3.63, 3.8) is 0 Å². The summed E-state index contributed by atoms with van der Waals surface area (Å²) in [7, 11) is -3.52. The molecule has 31 heavy (non-hydrogen) atoms. The zero-order valence-corrected chi connectivity index (χ0v) is 19.6. The molecule has 1 amide bonds. The minimum atomic E-state index is -3.52. The third-order valence-electron chi connectivity index (χ3n) is 4.49. The van der Waals surface area contributed by atoms with Crippen LogP contribution in [0, 0.1) is 0 Å². The molecule has 162 valence electrons. The number of halogens is 1. The SMILES string of the molecule is CCSc1ccccc1NC(=O)c1ccc(N(Cc2ccc(Cl)cc2)S(C)(=O)=O)cc1. The number of thioether (sulfide) groups is 1. The Balaban J connectivity index is 1.80. The first-order valence-corrected chi connectivity index (χ1v) is 12.8. The van der Waals surface area contributed by atoms with Crippen molar-refractivity contribution in [2.75, 3.05) is 21.6 Å². The van der Waals surface area contributed by atoms with Crippen LogP contribution >= 0.6 is 23.4 Å². The van der Waals surface area contributed by atoms with E-state index in [0.717, 1.165) is 28.2 Å². The lowest BCUT2D eigenvalue weighted by Gasteiger charge is -2.23. The van der Waals surface area contributed by atoms with Gasteiger partial charge in [-0.05, 0) is 59.8 Å². The molecule has 0 aliphatic rings. The van der Waals surface area contributed by atoms with Crippen LogP contribution in [0.3, 0.4) is 0 Å². The van der Waals surface area contributed by atoms with Gasteiger partial charge in [-0.2, -0.15) is 0 Å². The molecule has 0 spiro atoms. The third-order valence-corrected chi connectivity index (χ3v) is 6.84. The van der Waals surface area contributed by atoms with E-state index in [1.54, 1.807) is 60.3 Å².